The minimum atomic E-state index is 0.817. The molecule has 2 heterocycles. The number of benzene rings is 1. The molecule has 5 nitrogen and oxygen atoms in total. The Bertz CT molecular complexity index is 729. The first-order valence-electron chi connectivity index (χ1n) is 7.32. The van der Waals surface area contributed by atoms with Gasteiger partial charge in [0.05, 0.1) is 0 Å². The number of aromatic nitrogens is 3. The van der Waals surface area contributed by atoms with Gasteiger partial charge in [-0.25, -0.2) is 0 Å². The SMILES string of the molecule is CCc1oc2ccccc2c1CNCCc1nncn1C. The Kier molecular flexibility index (Phi) is 4.01. The first-order chi connectivity index (χ1) is 10.3. The second kappa shape index (κ2) is 6.10. The van der Waals surface area contributed by atoms with Crippen LogP contribution in [0.2, 0.25) is 0 Å². The van der Waals surface area contributed by atoms with E-state index in [-0.39, 0.29) is 0 Å². The third-order valence-corrected chi connectivity index (χ3v) is 3.74. The van der Waals surface area contributed by atoms with Crippen molar-refractivity contribution in [2.75, 3.05) is 6.54 Å². The molecule has 1 aromatic carbocycles. The summed E-state index contributed by atoms with van der Waals surface area (Å²) in [6, 6.07) is 8.21. The number of nitrogens with one attached hydrogen (secondary N) is 1. The number of nitrogens with zero attached hydrogens (tertiary/aromatic N) is 3. The predicted molar refractivity (Wildman–Crippen MR) is 82.0 cm³/mol. The Morgan fingerprint density at radius 1 is 1.29 bits per heavy atom. The summed E-state index contributed by atoms with van der Waals surface area (Å²) in [5.74, 6) is 2.07. The lowest BCUT2D eigenvalue weighted by Crippen LogP contribution is -2.18. The van der Waals surface area contributed by atoms with E-state index in [2.05, 4.69) is 34.6 Å². The quantitative estimate of drug-likeness (QED) is 0.706. The van der Waals surface area contributed by atoms with E-state index < -0.39 is 0 Å². The number of furan rings is 1. The van der Waals surface area contributed by atoms with Gasteiger partial charge in [-0.05, 0) is 6.07 Å². The van der Waals surface area contributed by atoms with Crippen molar-refractivity contribution in [2.45, 2.75) is 26.3 Å². The molecule has 21 heavy (non-hydrogen) atoms. The van der Waals surface area contributed by atoms with Crippen LogP contribution in [0.25, 0.3) is 11.0 Å². The molecule has 0 aliphatic heterocycles. The zero-order valence-corrected chi connectivity index (χ0v) is 12.5. The van der Waals surface area contributed by atoms with Crippen molar-refractivity contribution in [2.24, 2.45) is 7.05 Å². The minimum absolute atomic E-state index is 0.817. The van der Waals surface area contributed by atoms with Gasteiger partial charge in [0, 0.05) is 43.9 Å². The summed E-state index contributed by atoms with van der Waals surface area (Å²) in [4.78, 5) is 0. The molecule has 0 amide bonds. The number of hydrogen-bond donors (Lipinski definition) is 1. The average molecular weight is 284 g/mol. The van der Waals surface area contributed by atoms with E-state index in [0.717, 1.165) is 43.1 Å². The summed E-state index contributed by atoms with van der Waals surface area (Å²) in [5, 5.41) is 12.7. The Morgan fingerprint density at radius 3 is 2.90 bits per heavy atom. The highest BCUT2D eigenvalue weighted by molar-refractivity contribution is 5.82. The second-order valence-electron chi connectivity index (χ2n) is 5.14. The van der Waals surface area contributed by atoms with Gasteiger partial charge in [0.1, 0.15) is 23.5 Å². The van der Waals surface area contributed by atoms with Crippen LogP contribution in [0.1, 0.15) is 24.1 Å². The van der Waals surface area contributed by atoms with Crippen molar-refractivity contribution in [1.82, 2.24) is 20.1 Å². The topological polar surface area (TPSA) is 55.9 Å². The molecule has 5 heteroatoms. The number of fused-ring (bicyclic) bond motifs is 1. The number of rotatable bonds is 6. The van der Waals surface area contributed by atoms with Crippen LogP contribution in [0.5, 0.6) is 0 Å². The standard InChI is InChI=1S/C16H20N4O/c1-3-14-13(12-6-4-5-7-15(12)21-14)10-17-9-8-16-19-18-11-20(16)2/h4-7,11,17H,3,8-10H2,1-2H3. The molecule has 0 saturated heterocycles. The lowest BCUT2D eigenvalue weighted by molar-refractivity contribution is 0.543. The van der Waals surface area contributed by atoms with E-state index >= 15 is 0 Å². The smallest absolute Gasteiger partial charge is 0.134 e. The van der Waals surface area contributed by atoms with E-state index in [1.807, 2.05) is 23.7 Å². The molecule has 2 aromatic heterocycles. The fraction of sp³-hybridized carbons (Fsp3) is 0.375. The molecule has 1 N–H and O–H groups in total. The highest BCUT2D eigenvalue weighted by atomic mass is 16.3. The molecule has 3 aromatic rings. The fourth-order valence-corrected chi connectivity index (χ4v) is 2.58. The number of aryl methyl sites for hydroxylation is 2. The van der Waals surface area contributed by atoms with Gasteiger partial charge in [-0.2, -0.15) is 0 Å². The Hall–Kier alpha value is -2.14. The van der Waals surface area contributed by atoms with Crippen molar-refractivity contribution in [3.63, 3.8) is 0 Å². The summed E-state index contributed by atoms with van der Waals surface area (Å²) in [5.41, 5.74) is 2.24. The second-order valence-corrected chi connectivity index (χ2v) is 5.14. The van der Waals surface area contributed by atoms with Gasteiger partial charge in [0.15, 0.2) is 0 Å². The lowest BCUT2D eigenvalue weighted by Gasteiger charge is -2.05. The van der Waals surface area contributed by atoms with Gasteiger partial charge in [-0.1, -0.05) is 25.1 Å². The zero-order valence-electron chi connectivity index (χ0n) is 12.5. The monoisotopic (exact) mass is 284 g/mol. The van der Waals surface area contributed by atoms with Crippen LogP contribution >= 0.6 is 0 Å². The predicted octanol–water partition coefficient (Wildman–Crippen LogP) is 2.46. The van der Waals surface area contributed by atoms with Gasteiger partial charge in [0.25, 0.3) is 0 Å². The van der Waals surface area contributed by atoms with Crippen LogP contribution < -0.4 is 5.32 Å². The first kappa shape index (κ1) is 13.8. The van der Waals surface area contributed by atoms with Crippen molar-refractivity contribution >= 4 is 11.0 Å². The highest BCUT2D eigenvalue weighted by Crippen LogP contribution is 2.26. The lowest BCUT2D eigenvalue weighted by atomic mass is 10.1. The summed E-state index contributed by atoms with van der Waals surface area (Å²) in [7, 11) is 1.97. The van der Waals surface area contributed by atoms with Crippen LogP contribution in [-0.2, 0) is 26.4 Å². The van der Waals surface area contributed by atoms with E-state index in [4.69, 9.17) is 4.42 Å². The Balaban J connectivity index is 1.66. The van der Waals surface area contributed by atoms with Gasteiger partial charge in [-0.15, -0.1) is 10.2 Å². The molecule has 0 radical (unpaired) electrons. The van der Waals surface area contributed by atoms with Crippen molar-refractivity contribution < 1.29 is 4.42 Å². The molecule has 3 rings (SSSR count). The van der Waals surface area contributed by atoms with E-state index in [9.17, 15) is 0 Å². The van der Waals surface area contributed by atoms with Crippen LogP contribution in [0, 0.1) is 0 Å². The van der Waals surface area contributed by atoms with Crippen LogP contribution in [0.15, 0.2) is 35.0 Å². The molecule has 0 atom stereocenters. The summed E-state index contributed by atoms with van der Waals surface area (Å²) in [6.45, 7) is 3.81. The molecule has 0 unspecified atom stereocenters. The molecule has 0 bridgehead atoms. The Labute approximate surface area is 124 Å². The fourth-order valence-electron chi connectivity index (χ4n) is 2.58. The molecule has 110 valence electrons. The van der Waals surface area contributed by atoms with Gasteiger partial charge in [-0.3, -0.25) is 0 Å². The van der Waals surface area contributed by atoms with Crippen molar-refractivity contribution in [3.05, 3.63) is 47.7 Å². The molecule has 0 fully saturated rings. The third-order valence-electron chi connectivity index (χ3n) is 3.74. The summed E-state index contributed by atoms with van der Waals surface area (Å²) >= 11 is 0. The van der Waals surface area contributed by atoms with Crippen LogP contribution in [0.3, 0.4) is 0 Å². The van der Waals surface area contributed by atoms with E-state index in [1.165, 1.54) is 10.9 Å². The molecule has 0 saturated carbocycles. The zero-order chi connectivity index (χ0) is 14.7. The maximum Gasteiger partial charge on any atom is 0.134 e. The molecule has 0 aliphatic rings. The maximum atomic E-state index is 5.90. The third kappa shape index (κ3) is 2.83. The van der Waals surface area contributed by atoms with Gasteiger partial charge >= 0.3 is 0 Å². The van der Waals surface area contributed by atoms with Gasteiger partial charge < -0.3 is 14.3 Å². The molecule has 0 aliphatic carbocycles. The number of para-hydroxylation sites is 1. The van der Waals surface area contributed by atoms with E-state index in [0.29, 0.717) is 0 Å². The van der Waals surface area contributed by atoms with Crippen molar-refractivity contribution in [3.8, 4) is 0 Å². The first-order valence-corrected chi connectivity index (χ1v) is 7.32. The molecular weight excluding hydrogens is 264 g/mol. The average Bonchev–Trinajstić information content (AvgIpc) is 3.07. The Morgan fingerprint density at radius 2 is 2.14 bits per heavy atom. The molecule has 0 spiro atoms. The molecular formula is C16H20N4O. The summed E-state index contributed by atoms with van der Waals surface area (Å²) in [6.07, 6.45) is 3.51. The van der Waals surface area contributed by atoms with Crippen molar-refractivity contribution in [1.29, 1.82) is 0 Å². The number of hydrogen-bond acceptors (Lipinski definition) is 4. The minimum Gasteiger partial charge on any atom is -0.461 e. The van der Waals surface area contributed by atoms with Gasteiger partial charge in [0.2, 0.25) is 0 Å². The van der Waals surface area contributed by atoms with E-state index in [1.54, 1.807) is 6.33 Å². The largest absolute Gasteiger partial charge is 0.461 e. The highest BCUT2D eigenvalue weighted by Gasteiger charge is 2.11. The maximum absolute atomic E-state index is 5.90. The normalized spacial score (nSPS) is 11.3. The summed E-state index contributed by atoms with van der Waals surface area (Å²) < 4.78 is 7.85. The van der Waals surface area contributed by atoms with Crippen LogP contribution in [-0.4, -0.2) is 21.3 Å². The van der Waals surface area contributed by atoms with Crippen LogP contribution in [0.4, 0.5) is 0 Å².